The molecule has 0 aliphatic carbocycles. The predicted octanol–water partition coefficient (Wildman–Crippen LogP) is 2.83. The van der Waals surface area contributed by atoms with Crippen LogP contribution in [0.4, 0.5) is 4.39 Å². The van der Waals surface area contributed by atoms with E-state index in [1.165, 1.54) is 17.7 Å². The number of nitrogens with one attached hydrogen (secondary N) is 1. The van der Waals surface area contributed by atoms with E-state index in [2.05, 4.69) is 31.0 Å². The maximum atomic E-state index is 12.9. The standard InChI is InChI=1S/C19H31FN2O/c1-19(2,3)18(23)14-21-17-9-12-22(13-10-17)11-8-15-4-6-16(20)7-5-15/h4-7,17-18,21,23H,8-14H2,1-3H3. The number of aliphatic hydroxyl groups is 1. The molecule has 3 nitrogen and oxygen atoms in total. The van der Waals surface area contributed by atoms with Gasteiger partial charge in [0.25, 0.3) is 0 Å². The zero-order chi connectivity index (χ0) is 16.9. The molecule has 0 radical (unpaired) electrons. The van der Waals surface area contributed by atoms with Gasteiger partial charge in [0.1, 0.15) is 5.82 Å². The summed E-state index contributed by atoms with van der Waals surface area (Å²) in [5.41, 5.74) is 1.13. The van der Waals surface area contributed by atoms with Crippen LogP contribution in [0.2, 0.25) is 0 Å². The first-order valence-corrected chi connectivity index (χ1v) is 8.73. The highest BCUT2D eigenvalue weighted by molar-refractivity contribution is 5.16. The van der Waals surface area contributed by atoms with Crippen LogP contribution >= 0.6 is 0 Å². The summed E-state index contributed by atoms with van der Waals surface area (Å²) in [6.07, 6.45) is 2.92. The average molecular weight is 322 g/mol. The Balaban J connectivity index is 1.65. The molecule has 1 aromatic rings. The van der Waals surface area contributed by atoms with Crippen molar-refractivity contribution in [2.45, 2.75) is 52.2 Å². The van der Waals surface area contributed by atoms with Gasteiger partial charge in [-0.25, -0.2) is 4.39 Å². The van der Waals surface area contributed by atoms with E-state index >= 15 is 0 Å². The fourth-order valence-corrected chi connectivity index (χ4v) is 2.88. The molecule has 2 N–H and O–H groups in total. The molecule has 0 aromatic heterocycles. The lowest BCUT2D eigenvalue weighted by atomic mass is 9.89. The van der Waals surface area contributed by atoms with Crippen molar-refractivity contribution in [3.05, 3.63) is 35.6 Å². The molecule has 2 rings (SSSR count). The molecular formula is C19H31FN2O. The smallest absolute Gasteiger partial charge is 0.123 e. The molecule has 1 heterocycles. The Morgan fingerprint density at radius 3 is 2.39 bits per heavy atom. The number of halogens is 1. The van der Waals surface area contributed by atoms with E-state index in [0.717, 1.165) is 38.9 Å². The van der Waals surface area contributed by atoms with Gasteiger partial charge in [-0.1, -0.05) is 32.9 Å². The van der Waals surface area contributed by atoms with Gasteiger partial charge in [-0.05, 0) is 55.5 Å². The lowest BCUT2D eigenvalue weighted by Crippen LogP contribution is -2.46. The van der Waals surface area contributed by atoms with Crippen molar-refractivity contribution < 1.29 is 9.50 Å². The topological polar surface area (TPSA) is 35.5 Å². The molecule has 0 amide bonds. The summed E-state index contributed by atoms with van der Waals surface area (Å²) in [6.45, 7) is 10.1. The second-order valence-corrected chi connectivity index (χ2v) is 7.78. The maximum absolute atomic E-state index is 12.9. The highest BCUT2D eigenvalue weighted by atomic mass is 19.1. The molecule has 130 valence electrons. The summed E-state index contributed by atoms with van der Waals surface area (Å²) in [5, 5.41) is 13.6. The highest BCUT2D eigenvalue weighted by Crippen LogP contribution is 2.19. The van der Waals surface area contributed by atoms with Crippen molar-refractivity contribution in [2.24, 2.45) is 5.41 Å². The molecule has 1 saturated heterocycles. The monoisotopic (exact) mass is 322 g/mol. The van der Waals surface area contributed by atoms with Crippen LogP contribution < -0.4 is 5.32 Å². The van der Waals surface area contributed by atoms with Crippen molar-refractivity contribution in [3.63, 3.8) is 0 Å². The van der Waals surface area contributed by atoms with Crippen LogP contribution in [0.25, 0.3) is 0 Å². The zero-order valence-corrected chi connectivity index (χ0v) is 14.7. The van der Waals surface area contributed by atoms with E-state index in [1.54, 1.807) is 0 Å². The molecule has 4 heteroatoms. The third-order valence-electron chi connectivity index (χ3n) is 4.82. The number of nitrogens with zero attached hydrogens (tertiary/aromatic N) is 1. The van der Waals surface area contributed by atoms with Crippen molar-refractivity contribution in [1.29, 1.82) is 0 Å². The number of piperidine rings is 1. The summed E-state index contributed by atoms with van der Waals surface area (Å²) in [7, 11) is 0. The van der Waals surface area contributed by atoms with Crippen molar-refractivity contribution in [2.75, 3.05) is 26.2 Å². The van der Waals surface area contributed by atoms with Gasteiger partial charge >= 0.3 is 0 Å². The molecule has 1 atom stereocenters. The van der Waals surface area contributed by atoms with Crippen LogP contribution in [0.3, 0.4) is 0 Å². The fourth-order valence-electron chi connectivity index (χ4n) is 2.88. The molecule has 1 aromatic carbocycles. The first-order valence-electron chi connectivity index (χ1n) is 8.73. The lowest BCUT2D eigenvalue weighted by Gasteiger charge is -2.34. The molecule has 0 bridgehead atoms. The molecule has 1 aliphatic heterocycles. The van der Waals surface area contributed by atoms with E-state index in [4.69, 9.17) is 0 Å². The van der Waals surface area contributed by atoms with E-state index < -0.39 is 0 Å². The second-order valence-electron chi connectivity index (χ2n) is 7.78. The van der Waals surface area contributed by atoms with Gasteiger partial charge in [0.05, 0.1) is 6.10 Å². The molecule has 0 saturated carbocycles. The van der Waals surface area contributed by atoms with Crippen LogP contribution in [0, 0.1) is 11.2 Å². The number of benzene rings is 1. The average Bonchev–Trinajstić information content (AvgIpc) is 2.52. The normalized spacial score (nSPS) is 19.0. The molecule has 1 unspecified atom stereocenters. The minimum atomic E-state index is -0.306. The van der Waals surface area contributed by atoms with Crippen LogP contribution in [-0.4, -0.2) is 48.3 Å². The van der Waals surface area contributed by atoms with E-state index in [9.17, 15) is 9.50 Å². The largest absolute Gasteiger partial charge is 0.391 e. The Labute approximate surface area is 139 Å². The summed E-state index contributed by atoms with van der Waals surface area (Å²) < 4.78 is 12.9. The van der Waals surface area contributed by atoms with Crippen LogP contribution in [0.5, 0.6) is 0 Å². The number of hydrogen-bond acceptors (Lipinski definition) is 3. The molecule has 23 heavy (non-hydrogen) atoms. The van der Waals surface area contributed by atoms with E-state index in [-0.39, 0.29) is 17.3 Å². The fraction of sp³-hybridized carbons (Fsp3) is 0.684. The SMILES string of the molecule is CC(C)(C)C(O)CNC1CCN(CCc2ccc(F)cc2)CC1. The molecule has 1 fully saturated rings. The number of aliphatic hydroxyl groups excluding tert-OH is 1. The summed E-state index contributed by atoms with van der Waals surface area (Å²) in [4.78, 5) is 2.47. The quantitative estimate of drug-likeness (QED) is 0.845. The van der Waals surface area contributed by atoms with Gasteiger partial charge in [-0.2, -0.15) is 0 Å². The van der Waals surface area contributed by atoms with Crippen LogP contribution in [0.1, 0.15) is 39.2 Å². The Kier molecular flexibility index (Phi) is 6.57. The van der Waals surface area contributed by atoms with Crippen molar-refractivity contribution >= 4 is 0 Å². The maximum Gasteiger partial charge on any atom is 0.123 e. The van der Waals surface area contributed by atoms with Gasteiger partial charge in [0.2, 0.25) is 0 Å². The molecular weight excluding hydrogens is 291 g/mol. The number of rotatable bonds is 6. The van der Waals surface area contributed by atoms with Gasteiger partial charge in [-0.15, -0.1) is 0 Å². The minimum Gasteiger partial charge on any atom is -0.391 e. The van der Waals surface area contributed by atoms with Gasteiger partial charge in [0.15, 0.2) is 0 Å². The third kappa shape index (κ3) is 6.21. The van der Waals surface area contributed by atoms with Crippen LogP contribution in [-0.2, 0) is 6.42 Å². The van der Waals surface area contributed by atoms with Crippen LogP contribution in [0.15, 0.2) is 24.3 Å². The second kappa shape index (κ2) is 8.22. The molecule has 1 aliphatic rings. The lowest BCUT2D eigenvalue weighted by molar-refractivity contribution is 0.0573. The van der Waals surface area contributed by atoms with E-state index in [1.807, 2.05) is 12.1 Å². The molecule has 0 spiro atoms. The number of likely N-dealkylation sites (tertiary alicyclic amines) is 1. The predicted molar refractivity (Wildman–Crippen MR) is 93.0 cm³/mol. The highest BCUT2D eigenvalue weighted by Gasteiger charge is 2.24. The van der Waals surface area contributed by atoms with Gasteiger partial charge < -0.3 is 15.3 Å². The first kappa shape index (κ1) is 18.4. The van der Waals surface area contributed by atoms with Crippen molar-refractivity contribution in [1.82, 2.24) is 10.2 Å². The minimum absolute atomic E-state index is 0.0666. The van der Waals surface area contributed by atoms with Crippen molar-refractivity contribution in [3.8, 4) is 0 Å². The summed E-state index contributed by atoms with van der Waals surface area (Å²) in [5.74, 6) is -0.168. The Morgan fingerprint density at radius 2 is 1.83 bits per heavy atom. The van der Waals surface area contributed by atoms with E-state index in [0.29, 0.717) is 12.6 Å². The number of hydrogen-bond donors (Lipinski definition) is 2. The summed E-state index contributed by atoms with van der Waals surface area (Å²) >= 11 is 0. The van der Waals surface area contributed by atoms with Gasteiger partial charge in [0, 0.05) is 19.1 Å². The van der Waals surface area contributed by atoms with Gasteiger partial charge in [-0.3, -0.25) is 0 Å². The third-order valence-corrected chi connectivity index (χ3v) is 4.82. The first-order chi connectivity index (χ1) is 10.8. The summed E-state index contributed by atoms with van der Waals surface area (Å²) in [6, 6.07) is 7.32. The Morgan fingerprint density at radius 1 is 1.22 bits per heavy atom. The Bertz CT molecular complexity index is 461. The Hall–Kier alpha value is -0.970. The zero-order valence-electron chi connectivity index (χ0n) is 14.7.